The van der Waals surface area contributed by atoms with Crippen molar-refractivity contribution in [2.24, 2.45) is 5.73 Å². The Morgan fingerprint density at radius 2 is 1.87 bits per heavy atom. The molecule has 4 aromatic rings. The second kappa shape index (κ2) is 11.4. The highest BCUT2D eigenvalue weighted by atomic mass is 32.2. The van der Waals surface area contributed by atoms with Crippen LogP contribution in [-0.4, -0.2) is 46.9 Å². The van der Waals surface area contributed by atoms with E-state index in [0.717, 1.165) is 5.56 Å². The number of anilines is 3. The quantitative estimate of drug-likeness (QED) is 0.215. The lowest BCUT2D eigenvalue weighted by molar-refractivity contribution is 0.100. The summed E-state index contributed by atoms with van der Waals surface area (Å²) in [6, 6.07) is 9.55. The van der Waals surface area contributed by atoms with Crippen LogP contribution in [0.4, 0.5) is 30.5 Å². The third-order valence-electron chi connectivity index (χ3n) is 5.36. The first-order valence-corrected chi connectivity index (χ1v) is 12.8. The van der Waals surface area contributed by atoms with E-state index in [1.54, 1.807) is 23.8 Å². The van der Waals surface area contributed by atoms with E-state index in [1.807, 2.05) is 0 Å². The van der Waals surface area contributed by atoms with E-state index >= 15 is 0 Å². The number of ether oxygens (including phenoxy) is 1. The first-order chi connectivity index (χ1) is 18.5. The maximum Gasteiger partial charge on any atom is 0.355 e. The Morgan fingerprint density at radius 1 is 1.13 bits per heavy atom. The van der Waals surface area contributed by atoms with Gasteiger partial charge in [0.15, 0.2) is 5.82 Å². The molecule has 0 aliphatic rings. The molecule has 0 aliphatic carbocycles. The van der Waals surface area contributed by atoms with Gasteiger partial charge in [-0.15, -0.1) is 0 Å². The number of alkyl halides is 2. The van der Waals surface area contributed by atoms with E-state index in [4.69, 9.17) is 10.5 Å². The minimum atomic E-state index is -5.01. The van der Waals surface area contributed by atoms with Crippen molar-refractivity contribution in [3.05, 3.63) is 77.5 Å². The van der Waals surface area contributed by atoms with Gasteiger partial charge in [0.25, 0.3) is 15.9 Å². The van der Waals surface area contributed by atoms with Crippen molar-refractivity contribution in [3.8, 4) is 17.0 Å². The molecular formula is C24H22F3N7O4S. The van der Waals surface area contributed by atoms with Gasteiger partial charge in [0.1, 0.15) is 22.9 Å². The molecule has 2 heterocycles. The number of rotatable bonds is 11. The summed E-state index contributed by atoms with van der Waals surface area (Å²) in [6.07, 6.45) is 3.24. The lowest BCUT2D eigenvalue weighted by Crippen LogP contribution is -2.21. The highest BCUT2D eigenvalue weighted by molar-refractivity contribution is 7.93. The molecule has 0 spiro atoms. The van der Waals surface area contributed by atoms with E-state index in [2.05, 4.69) is 25.5 Å². The number of nitrogens with one attached hydrogen (secondary N) is 3. The highest BCUT2D eigenvalue weighted by Gasteiger charge is 2.26. The van der Waals surface area contributed by atoms with Crippen LogP contribution in [-0.2, 0) is 16.4 Å². The number of carbonyl (C=O) groups is 1. The second-order valence-electron chi connectivity index (χ2n) is 8.20. The molecule has 15 heteroatoms. The molecule has 2 aromatic heterocycles. The normalized spacial score (nSPS) is 11.4. The van der Waals surface area contributed by atoms with Crippen molar-refractivity contribution in [1.82, 2.24) is 20.2 Å². The highest BCUT2D eigenvalue weighted by Crippen LogP contribution is 2.35. The fraction of sp³-hybridized carbons (Fsp3) is 0.167. The summed E-state index contributed by atoms with van der Waals surface area (Å²) in [5.74, 6) is -4.70. The number of benzene rings is 2. The maximum atomic E-state index is 13.2. The summed E-state index contributed by atoms with van der Waals surface area (Å²) in [4.78, 5) is 20.6. The summed E-state index contributed by atoms with van der Waals surface area (Å²) < 4.78 is 70.4. The zero-order chi connectivity index (χ0) is 28.2. The summed E-state index contributed by atoms with van der Waals surface area (Å²) in [7, 11) is -5.01. The predicted molar refractivity (Wildman–Crippen MR) is 137 cm³/mol. The van der Waals surface area contributed by atoms with Gasteiger partial charge in [0.05, 0.1) is 36.1 Å². The molecule has 0 saturated heterocycles. The SMILES string of the molecule is Cc1cnc(Nc2n[nH]c(-c3ccc(NS(=O)(=O)C(F)F)c(OCCc4ccc(F)cc4)c3)c2C(N)=O)cn1. The van der Waals surface area contributed by atoms with Crippen LogP contribution < -0.4 is 20.5 Å². The molecule has 0 aliphatic heterocycles. The number of nitrogens with zero attached hydrogens (tertiary/aromatic N) is 3. The van der Waals surface area contributed by atoms with Crippen molar-refractivity contribution >= 4 is 33.3 Å². The number of amides is 1. The van der Waals surface area contributed by atoms with Gasteiger partial charge in [-0.25, -0.2) is 17.8 Å². The van der Waals surface area contributed by atoms with Gasteiger partial charge < -0.3 is 15.8 Å². The molecule has 0 unspecified atom stereocenters. The zero-order valence-electron chi connectivity index (χ0n) is 20.3. The fourth-order valence-corrected chi connectivity index (χ4v) is 4.03. The average molecular weight is 562 g/mol. The van der Waals surface area contributed by atoms with Gasteiger partial charge in [-0.2, -0.15) is 13.9 Å². The van der Waals surface area contributed by atoms with Crippen LogP contribution in [0.25, 0.3) is 11.3 Å². The Bertz CT molecular complexity index is 1580. The monoisotopic (exact) mass is 561 g/mol. The number of hydrogen-bond donors (Lipinski definition) is 4. The largest absolute Gasteiger partial charge is 0.491 e. The van der Waals surface area contributed by atoms with E-state index in [-0.39, 0.29) is 40.7 Å². The van der Waals surface area contributed by atoms with Crippen LogP contribution in [0.5, 0.6) is 5.75 Å². The van der Waals surface area contributed by atoms with Gasteiger partial charge in [0, 0.05) is 12.0 Å². The topological polar surface area (TPSA) is 165 Å². The molecule has 0 radical (unpaired) electrons. The van der Waals surface area contributed by atoms with Crippen LogP contribution in [0.15, 0.2) is 54.9 Å². The number of halogens is 3. The predicted octanol–water partition coefficient (Wildman–Crippen LogP) is 3.74. The van der Waals surface area contributed by atoms with Crippen molar-refractivity contribution in [2.75, 3.05) is 16.6 Å². The van der Waals surface area contributed by atoms with Gasteiger partial charge in [-0.1, -0.05) is 18.2 Å². The molecular weight excluding hydrogens is 539 g/mol. The van der Waals surface area contributed by atoms with Crippen LogP contribution in [0.2, 0.25) is 0 Å². The van der Waals surface area contributed by atoms with Gasteiger partial charge in [-0.3, -0.25) is 19.6 Å². The van der Waals surface area contributed by atoms with Gasteiger partial charge >= 0.3 is 5.76 Å². The van der Waals surface area contributed by atoms with Crippen molar-refractivity contribution in [1.29, 1.82) is 0 Å². The Labute approximate surface area is 220 Å². The molecule has 204 valence electrons. The molecule has 39 heavy (non-hydrogen) atoms. The van der Waals surface area contributed by atoms with Crippen LogP contribution in [0.1, 0.15) is 21.6 Å². The first kappa shape index (κ1) is 27.4. The van der Waals surface area contributed by atoms with Crippen molar-refractivity contribution in [3.63, 3.8) is 0 Å². The molecule has 2 aromatic carbocycles. The van der Waals surface area contributed by atoms with Crippen molar-refractivity contribution < 1.29 is 31.1 Å². The van der Waals surface area contributed by atoms with Crippen LogP contribution in [0.3, 0.4) is 0 Å². The number of primary amides is 1. The summed E-state index contributed by atoms with van der Waals surface area (Å²) in [6.45, 7) is 1.74. The van der Waals surface area contributed by atoms with Crippen LogP contribution >= 0.6 is 0 Å². The molecule has 11 nitrogen and oxygen atoms in total. The summed E-state index contributed by atoms with van der Waals surface area (Å²) >= 11 is 0. The van der Waals surface area contributed by atoms with E-state index in [0.29, 0.717) is 17.9 Å². The minimum Gasteiger partial charge on any atom is -0.491 e. The first-order valence-electron chi connectivity index (χ1n) is 11.3. The van der Waals surface area contributed by atoms with E-state index < -0.39 is 27.5 Å². The van der Waals surface area contributed by atoms with Crippen molar-refractivity contribution in [2.45, 2.75) is 19.1 Å². The number of nitrogens with two attached hydrogens (primary N) is 1. The number of hydrogen-bond acceptors (Lipinski definition) is 8. The Morgan fingerprint density at radius 3 is 2.51 bits per heavy atom. The fourth-order valence-electron chi connectivity index (χ4n) is 3.47. The maximum absolute atomic E-state index is 13.2. The smallest absolute Gasteiger partial charge is 0.355 e. The Balaban J connectivity index is 1.67. The molecule has 0 saturated carbocycles. The lowest BCUT2D eigenvalue weighted by Gasteiger charge is -2.15. The molecule has 0 bridgehead atoms. The van der Waals surface area contributed by atoms with E-state index in [9.17, 15) is 26.4 Å². The molecule has 0 fully saturated rings. The lowest BCUT2D eigenvalue weighted by atomic mass is 10.1. The molecule has 1 amide bonds. The van der Waals surface area contributed by atoms with Gasteiger partial charge in [-0.05, 0) is 36.8 Å². The summed E-state index contributed by atoms with van der Waals surface area (Å²) in [5.41, 5.74) is 7.14. The number of aryl methyl sites for hydroxylation is 1. The average Bonchev–Trinajstić information content (AvgIpc) is 3.31. The van der Waals surface area contributed by atoms with E-state index in [1.165, 1.54) is 42.7 Å². The van der Waals surface area contributed by atoms with Gasteiger partial charge in [0.2, 0.25) is 0 Å². The third kappa shape index (κ3) is 6.62. The molecule has 5 N–H and O–H groups in total. The molecule has 0 atom stereocenters. The third-order valence-corrected chi connectivity index (χ3v) is 6.33. The second-order valence-corrected chi connectivity index (χ2v) is 9.85. The number of sulfonamides is 1. The molecule has 4 rings (SSSR count). The summed E-state index contributed by atoms with van der Waals surface area (Å²) in [5, 5.41) is 9.63. The Kier molecular flexibility index (Phi) is 7.99. The number of carbonyl (C=O) groups excluding carboxylic acids is 1. The zero-order valence-corrected chi connectivity index (χ0v) is 21.1. The minimum absolute atomic E-state index is 0.0109. The Hall–Kier alpha value is -4.66. The number of aromatic nitrogens is 4. The number of aromatic amines is 1. The standard InChI is InChI=1S/C24H22F3N7O4S/c1-13-11-30-19(12-29-13)31-23-20(22(28)35)21(32-33-23)15-4-7-17(34-39(36,37)24(26)27)18(10-15)38-9-8-14-2-5-16(25)6-3-14/h2-7,10-12,24,34H,8-9H2,1H3,(H2,28,35)(H2,30,31,32,33). The number of H-pyrrole nitrogens is 1. The van der Waals surface area contributed by atoms with Crippen LogP contribution in [0, 0.1) is 12.7 Å².